The van der Waals surface area contributed by atoms with E-state index in [1.807, 2.05) is 5.48 Å². The van der Waals surface area contributed by atoms with Crippen molar-refractivity contribution in [3.8, 4) is 0 Å². The Kier molecular flexibility index (Phi) is 7.54. The van der Waals surface area contributed by atoms with Gasteiger partial charge in [-0.15, -0.1) is 0 Å². The van der Waals surface area contributed by atoms with Crippen LogP contribution in [0.3, 0.4) is 0 Å². The molecule has 1 saturated heterocycles. The van der Waals surface area contributed by atoms with Gasteiger partial charge in [0.2, 0.25) is 0 Å². The third-order valence-corrected chi connectivity index (χ3v) is 4.94. The molecule has 0 saturated carbocycles. The van der Waals surface area contributed by atoms with Gasteiger partial charge in [-0.25, -0.2) is 4.99 Å². The summed E-state index contributed by atoms with van der Waals surface area (Å²) < 4.78 is 41.0. The van der Waals surface area contributed by atoms with Crippen LogP contribution in [0.4, 0.5) is 24.5 Å². The Morgan fingerprint density at radius 3 is 2.60 bits per heavy atom. The lowest BCUT2D eigenvalue weighted by atomic mass is 10.1. The summed E-state index contributed by atoms with van der Waals surface area (Å²) in [6.45, 7) is 4.55. The Morgan fingerprint density at radius 2 is 1.93 bits per heavy atom. The molecule has 0 spiro atoms. The Morgan fingerprint density at radius 1 is 1.17 bits per heavy atom. The normalized spacial score (nSPS) is 15.8. The van der Waals surface area contributed by atoms with Gasteiger partial charge in [0.25, 0.3) is 0 Å². The van der Waals surface area contributed by atoms with Gasteiger partial charge in [0.1, 0.15) is 0 Å². The fourth-order valence-corrected chi connectivity index (χ4v) is 3.38. The zero-order valence-corrected chi connectivity index (χ0v) is 16.9. The highest BCUT2D eigenvalue weighted by Crippen LogP contribution is 2.35. The molecule has 0 aliphatic carbocycles. The molecule has 0 radical (unpaired) electrons. The number of hydrogen-bond acceptors (Lipinski definition) is 5. The summed E-state index contributed by atoms with van der Waals surface area (Å²) >= 11 is 5.91. The first-order valence-electron chi connectivity index (χ1n) is 9.50. The molecule has 2 aromatic carbocycles. The van der Waals surface area contributed by atoms with E-state index in [-0.39, 0.29) is 17.1 Å². The van der Waals surface area contributed by atoms with Gasteiger partial charge in [-0.1, -0.05) is 17.7 Å². The number of hydrogen-bond donors (Lipinski definition) is 4. The minimum atomic E-state index is -4.57. The number of benzene rings is 2. The van der Waals surface area contributed by atoms with E-state index in [9.17, 15) is 18.4 Å². The lowest BCUT2D eigenvalue weighted by Crippen LogP contribution is -2.45. The minimum Gasteiger partial charge on any atom is -0.383 e. The molecule has 0 aromatic heterocycles. The monoisotopic (exact) mass is 441 g/mol. The third kappa shape index (κ3) is 6.09. The van der Waals surface area contributed by atoms with Crippen LogP contribution in [0.5, 0.6) is 0 Å². The van der Waals surface area contributed by atoms with Gasteiger partial charge in [0, 0.05) is 55.5 Å². The van der Waals surface area contributed by atoms with E-state index in [1.54, 1.807) is 18.2 Å². The number of nitrogens with one attached hydrogen (secondary N) is 3. The van der Waals surface area contributed by atoms with E-state index in [4.69, 9.17) is 11.6 Å². The number of hydroxylamine groups is 1. The van der Waals surface area contributed by atoms with Crippen molar-refractivity contribution in [2.75, 3.05) is 44.6 Å². The molecule has 162 valence electrons. The average molecular weight is 442 g/mol. The van der Waals surface area contributed by atoms with Crippen molar-refractivity contribution in [2.24, 2.45) is 4.99 Å². The summed E-state index contributed by atoms with van der Waals surface area (Å²) in [6, 6.07) is 10.2. The smallest absolute Gasteiger partial charge is 0.383 e. The van der Waals surface area contributed by atoms with Crippen molar-refractivity contribution in [2.45, 2.75) is 6.18 Å². The number of halogens is 4. The van der Waals surface area contributed by atoms with Crippen LogP contribution in [0.1, 0.15) is 11.1 Å². The van der Waals surface area contributed by atoms with Gasteiger partial charge in [-0.2, -0.15) is 13.2 Å². The van der Waals surface area contributed by atoms with Gasteiger partial charge in [-0.05, 0) is 36.4 Å². The zero-order valence-electron chi connectivity index (χ0n) is 16.1. The number of alkyl halides is 3. The van der Waals surface area contributed by atoms with Crippen molar-refractivity contribution >= 4 is 28.8 Å². The lowest BCUT2D eigenvalue weighted by Gasteiger charge is -2.27. The number of piperazine rings is 1. The molecule has 6 nitrogen and oxygen atoms in total. The maximum atomic E-state index is 13.7. The van der Waals surface area contributed by atoms with Gasteiger partial charge < -0.3 is 10.6 Å². The Bertz CT molecular complexity index is 885. The van der Waals surface area contributed by atoms with E-state index in [1.165, 1.54) is 18.2 Å². The Hall–Kier alpha value is -2.33. The van der Waals surface area contributed by atoms with Crippen LogP contribution < -0.4 is 16.1 Å². The first-order chi connectivity index (χ1) is 14.4. The summed E-state index contributed by atoms with van der Waals surface area (Å²) in [6.07, 6.45) is -4.57. The van der Waals surface area contributed by atoms with Crippen LogP contribution in [0.2, 0.25) is 5.02 Å². The van der Waals surface area contributed by atoms with Gasteiger partial charge in [0.15, 0.2) is 5.84 Å². The SMILES string of the molecule is ONC(=Nc1cccc(Cl)c1)c1ccc(NCCN2CCNCC2)c(C(F)(F)F)c1. The summed E-state index contributed by atoms with van der Waals surface area (Å²) in [5.41, 5.74) is 1.53. The molecule has 1 fully saturated rings. The van der Waals surface area contributed by atoms with Crippen molar-refractivity contribution in [3.05, 3.63) is 58.6 Å². The summed E-state index contributed by atoms with van der Waals surface area (Å²) in [5, 5.41) is 16.0. The van der Waals surface area contributed by atoms with Gasteiger partial charge in [0.05, 0.1) is 11.3 Å². The quantitative estimate of drug-likeness (QED) is 0.312. The van der Waals surface area contributed by atoms with Crippen molar-refractivity contribution in [1.29, 1.82) is 0 Å². The molecule has 0 bridgehead atoms. The Labute approximate surface area is 177 Å². The molecular formula is C20H23ClF3N5O. The van der Waals surface area contributed by atoms with Crippen LogP contribution in [0.15, 0.2) is 47.5 Å². The summed E-state index contributed by atoms with van der Waals surface area (Å²) in [5.74, 6) is -0.116. The molecule has 30 heavy (non-hydrogen) atoms. The highest BCUT2D eigenvalue weighted by molar-refractivity contribution is 6.30. The molecule has 2 aromatic rings. The topological polar surface area (TPSA) is 71.9 Å². The standard InChI is InChI=1S/C20H23ClF3N5O/c21-15-2-1-3-16(13-15)27-19(28-30)14-4-5-18(17(12-14)20(22,23)24)26-8-11-29-9-6-25-7-10-29/h1-5,12-13,25-26,30H,6-11H2,(H,27,28). The summed E-state index contributed by atoms with van der Waals surface area (Å²) in [7, 11) is 0. The lowest BCUT2D eigenvalue weighted by molar-refractivity contribution is -0.137. The van der Waals surface area contributed by atoms with E-state index in [0.29, 0.717) is 23.8 Å². The molecule has 10 heteroatoms. The molecule has 0 amide bonds. The first-order valence-corrected chi connectivity index (χ1v) is 9.87. The highest BCUT2D eigenvalue weighted by Gasteiger charge is 2.34. The number of nitrogens with zero attached hydrogens (tertiary/aromatic N) is 2. The maximum absolute atomic E-state index is 13.7. The number of rotatable bonds is 6. The van der Waals surface area contributed by atoms with Crippen molar-refractivity contribution in [3.63, 3.8) is 0 Å². The molecule has 0 atom stereocenters. The number of aliphatic imine (C=N–C) groups is 1. The average Bonchev–Trinajstić information content (AvgIpc) is 2.72. The number of amidine groups is 1. The summed E-state index contributed by atoms with van der Waals surface area (Å²) in [4.78, 5) is 6.35. The maximum Gasteiger partial charge on any atom is 0.418 e. The second-order valence-electron chi connectivity index (χ2n) is 6.83. The second-order valence-corrected chi connectivity index (χ2v) is 7.27. The van der Waals surface area contributed by atoms with Crippen molar-refractivity contribution in [1.82, 2.24) is 15.7 Å². The van der Waals surface area contributed by atoms with Crippen LogP contribution in [-0.4, -0.2) is 55.2 Å². The van der Waals surface area contributed by atoms with Crippen molar-refractivity contribution < 1.29 is 18.4 Å². The molecule has 1 heterocycles. The van der Waals surface area contributed by atoms with Crippen LogP contribution >= 0.6 is 11.6 Å². The highest BCUT2D eigenvalue weighted by atomic mass is 35.5. The Balaban J connectivity index is 1.80. The fraction of sp³-hybridized carbons (Fsp3) is 0.350. The molecule has 1 aliphatic rings. The van der Waals surface area contributed by atoms with E-state index >= 15 is 0 Å². The van der Waals surface area contributed by atoms with E-state index in [0.717, 1.165) is 32.2 Å². The van der Waals surface area contributed by atoms with Crippen LogP contribution in [0, 0.1) is 0 Å². The van der Waals surface area contributed by atoms with Gasteiger partial charge >= 0.3 is 6.18 Å². The molecule has 0 unspecified atom stereocenters. The molecular weight excluding hydrogens is 419 g/mol. The minimum absolute atomic E-state index is 0.0126. The zero-order chi connectivity index (χ0) is 21.6. The molecule has 4 N–H and O–H groups in total. The van der Waals surface area contributed by atoms with Crippen LogP contribution in [0.25, 0.3) is 0 Å². The van der Waals surface area contributed by atoms with Gasteiger partial charge in [-0.3, -0.25) is 15.6 Å². The molecule has 3 rings (SSSR count). The predicted molar refractivity (Wildman–Crippen MR) is 112 cm³/mol. The number of anilines is 1. The molecule has 1 aliphatic heterocycles. The van der Waals surface area contributed by atoms with E-state index < -0.39 is 11.7 Å². The first kappa shape index (κ1) is 22.4. The second kappa shape index (κ2) is 10.1. The fourth-order valence-electron chi connectivity index (χ4n) is 3.19. The largest absolute Gasteiger partial charge is 0.418 e. The van der Waals surface area contributed by atoms with E-state index in [2.05, 4.69) is 20.5 Å². The van der Waals surface area contributed by atoms with Crippen LogP contribution in [-0.2, 0) is 6.18 Å². The third-order valence-electron chi connectivity index (χ3n) is 4.71. The predicted octanol–water partition coefficient (Wildman–Crippen LogP) is 3.73.